The largest absolute Gasteiger partial charge is 0.399 e. The van der Waals surface area contributed by atoms with Crippen LogP contribution < -0.4 is 11.1 Å². The molecule has 26 heavy (non-hydrogen) atoms. The van der Waals surface area contributed by atoms with Crippen molar-refractivity contribution in [3.05, 3.63) is 29.8 Å². The van der Waals surface area contributed by atoms with Crippen LogP contribution in [0.15, 0.2) is 24.3 Å². The molecule has 4 nitrogen and oxygen atoms in total. The fraction of sp³-hybridized carbons (Fsp3) is 0.650. The van der Waals surface area contributed by atoms with E-state index in [2.05, 4.69) is 37.9 Å². The molecule has 1 aliphatic heterocycles. The van der Waals surface area contributed by atoms with Gasteiger partial charge in [0.2, 0.25) is 5.91 Å². The Bertz CT molecular complexity index is 556. The van der Waals surface area contributed by atoms with E-state index < -0.39 is 0 Å². The average molecular weight is 404 g/mol. The molecule has 0 spiro atoms. The summed E-state index contributed by atoms with van der Waals surface area (Å²) in [7, 11) is 0. The van der Waals surface area contributed by atoms with Gasteiger partial charge in [0.15, 0.2) is 0 Å². The topological polar surface area (TPSA) is 58.4 Å². The molecule has 0 radical (unpaired) electrons. The Morgan fingerprint density at radius 2 is 1.77 bits per heavy atom. The van der Waals surface area contributed by atoms with Crippen molar-refractivity contribution in [1.82, 2.24) is 10.2 Å². The number of piperidine rings is 1. The van der Waals surface area contributed by atoms with Gasteiger partial charge in [-0.05, 0) is 50.2 Å². The number of nitrogens with two attached hydrogens (primary N) is 1. The minimum Gasteiger partial charge on any atom is -0.399 e. The highest BCUT2D eigenvalue weighted by molar-refractivity contribution is 5.85. The highest BCUT2D eigenvalue weighted by Gasteiger charge is 2.32. The number of amides is 1. The molecule has 3 N–H and O–H groups in total. The number of rotatable bonds is 6. The minimum absolute atomic E-state index is 0. The van der Waals surface area contributed by atoms with Crippen molar-refractivity contribution in [2.75, 3.05) is 25.4 Å². The van der Waals surface area contributed by atoms with E-state index in [1.807, 2.05) is 24.3 Å². The summed E-state index contributed by atoms with van der Waals surface area (Å²) in [5, 5.41) is 3.12. The van der Waals surface area contributed by atoms with Crippen LogP contribution in [0.25, 0.3) is 0 Å². The number of halogens is 2. The van der Waals surface area contributed by atoms with E-state index in [0.717, 1.165) is 36.2 Å². The summed E-state index contributed by atoms with van der Waals surface area (Å²) < 4.78 is 0. The summed E-state index contributed by atoms with van der Waals surface area (Å²) in [5.41, 5.74) is 7.74. The Balaban J connectivity index is 0.00000312. The quantitative estimate of drug-likeness (QED) is 0.707. The zero-order valence-electron chi connectivity index (χ0n) is 16.5. The highest BCUT2D eigenvalue weighted by atomic mass is 35.5. The van der Waals surface area contributed by atoms with E-state index in [-0.39, 0.29) is 36.3 Å². The Morgan fingerprint density at radius 3 is 2.35 bits per heavy atom. The van der Waals surface area contributed by atoms with Crippen LogP contribution in [0.4, 0.5) is 5.69 Å². The third kappa shape index (κ3) is 7.34. The van der Waals surface area contributed by atoms with Crippen molar-refractivity contribution < 1.29 is 4.79 Å². The van der Waals surface area contributed by atoms with Gasteiger partial charge in [-0.3, -0.25) is 9.69 Å². The smallest absolute Gasteiger partial charge is 0.220 e. The van der Waals surface area contributed by atoms with Crippen molar-refractivity contribution in [3.8, 4) is 0 Å². The molecular weight excluding hydrogens is 369 g/mol. The lowest BCUT2D eigenvalue weighted by Crippen LogP contribution is -2.56. The van der Waals surface area contributed by atoms with Crippen LogP contribution in [0.5, 0.6) is 0 Å². The molecule has 0 bridgehead atoms. The van der Waals surface area contributed by atoms with Gasteiger partial charge in [-0.1, -0.05) is 32.0 Å². The molecule has 2 atom stereocenters. The van der Waals surface area contributed by atoms with Crippen molar-refractivity contribution in [2.45, 2.75) is 52.5 Å². The summed E-state index contributed by atoms with van der Waals surface area (Å²) in [6, 6.07) is 7.76. The van der Waals surface area contributed by atoms with Gasteiger partial charge in [-0.2, -0.15) is 0 Å². The highest BCUT2D eigenvalue weighted by Crippen LogP contribution is 2.26. The summed E-state index contributed by atoms with van der Waals surface area (Å²) in [6.45, 7) is 12.0. The maximum Gasteiger partial charge on any atom is 0.220 e. The van der Waals surface area contributed by atoms with E-state index in [1.54, 1.807) is 0 Å². The van der Waals surface area contributed by atoms with E-state index in [1.165, 1.54) is 6.42 Å². The summed E-state index contributed by atoms with van der Waals surface area (Å²) in [4.78, 5) is 14.7. The molecule has 0 aliphatic carbocycles. The number of likely N-dealkylation sites (tertiary alicyclic amines) is 1. The van der Waals surface area contributed by atoms with Crippen LogP contribution in [0.2, 0.25) is 0 Å². The number of hydrogen-bond donors (Lipinski definition) is 2. The van der Waals surface area contributed by atoms with E-state index in [9.17, 15) is 4.79 Å². The standard InChI is InChI=1S/C20H33N3O.2ClH/c1-15-11-16(2)13-23(12-15)20(3,4)14-22-19(24)10-9-17-7-5-6-8-18(17)21;;/h5-8,15-16H,9-14,21H2,1-4H3,(H,22,24);2*1H. The Morgan fingerprint density at radius 1 is 1.19 bits per heavy atom. The van der Waals surface area contributed by atoms with Crippen LogP contribution >= 0.6 is 24.8 Å². The van der Waals surface area contributed by atoms with Crippen LogP contribution in [0.1, 0.15) is 46.1 Å². The van der Waals surface area contributed by atoms with Gasteiger partial charge in [0, 0.05) is 37.3 Å². The normalized spacial score (nSPS) is 20.6. The summed E-state index contributed by atoms with van der Waals surface area (Å²) >= 11 is 0. The number of nitrogens with zero attached hydrogens (tertiary/aromatic N) is 1. The number of para-hydroxylation sites is 1. The van der Waals surface area contributed by atoms with Crippen molar-refractivity contribution >= 4 is 36.4 Å². The predicted octanol–water partition coefficient (Wildman–Crippen LogP) is 3.92. The van der Waals surface area contributed by atoms with Crippen molar-refractivity contribution in [1.29, 1.82) is 0 Å². The molecule has 1 heterocycles. The van der Waals surface area contributed by atoms with E-state index in [4.69, 9.17) is 5.73 Å². The van der Waals surface area contributed by atoms with Crippen LogP contribution in [0.3, 0.4) is 0 Å². The maximum absolute atomic E-state index is 12.2. The second-order valence-electron chi connectivity index (χ2n) is 8.14. The van der Waals surface area contributed by atoms with Gasteiger partial charge in [0.05, 0.1) is 0 Å². The molecule has 6 heteroatoms. The number of carbonyl (C=O) groups is 1. The SMILES string of the molecule is CC1CC(C)CN(C(C)(C)CNC(=O)CCc2ccccc2N)C1.Cl.Cl. The molecular formula is C20H35Cl2N3O. The number of benzene rings is 1. The zero-order valence-corrected chi connectivity index (χ0v) is 18.1. The molecule has 2 rings (SSSR count). The Labute approximate surface area is 171 Å². The molecule has 1 fully saturated rings. The molecule has 0 aromatic heterocycles. The number of anilines is 1. The molecule has 2 unspecified atom stereocenters. The van der Waals surface area contributed by atoms with E-state index >= 15 is 0 Å². The Kier molecular flexibility index (Phi) is 10.6. The molecule has 1 amide bonds. The number of nitrogens with one attached hydrogen (secondary N) is 1. The lowest BCUT2D eigenvalue weighted by Gasteiger charge is -2.45. The zero-order chi connectivity index (χ0) is 17.7. The predicted molar refractivity (Wildman–Crippen MR) is 115 cm³/mol. The monoisotopic (exact) mass is 403 g/mol. The minimum atomic E-state index is -0.00955. The van der Waals surface area contributed by atoms with Crippen LogP contribution in [-0.2, 0) is 11.2 Å². The fourth-order valence-corrected chi connectivity index (χ4v) is 3.68. The first-order valence-corrected chi connectivity index (χ1v) is 9.13. The van der Waals surface area contributed by atoms with Crippen LogP contribution in [-0.4, -0.2) is 36.0 Å². The lowest BCUT2D eigenvalue weighted by atomic mass is 9.88. The summed E-state index contributed by atoms with van der Waals surface area (Å²) in [5.74, 6) is 1.55. The third-order valence-corrected chi connectivity index (χ3v) is 5.12. The van der Waals surface area contributed by atoms with Crippen LogP contribution in [0, 0.1) is 11.8 Å². The first-order valence-electron chi connectivity index (χ1n) is 9.13. The maximum atomic E-state index is 12.2. The van der Waals surface area contributed by atoms with Gasteiger partial charge in [0.1, 0.15) is 0 Å². The fourth-order valence-electron chi connectivity index (χ4n) is 3.68. The first-order chi connectivity index (χ1) is 11.3. The summed E-state index contributed by atoms with van der Waals surface area (Å²) in [6.07, 6.45) is 2.48. The number of aryl methyl sites for hydroxylation is 1. The second-order valence-corrected chi connectivity index (χ2v) is 8.14. The van der Waals surface area contributed by atoms with Gasteiger partial charge in [-0.25, -0.2) is 0 Å². The molecule has 1 aromatic rings. The van der Waals surface area contributed by atoms with Gasteiger partial charge in [-0.15, -0.1) is 24.8 Å². The van der Waals surface area contributed by atoms with Crippen molar-refractivity contribution in [2.24, 2.45) is 11.8 Å². The number of nitrogen functional groups attached to an aromatic ring is 1. The van der Waals surface area contributed by atoms with Gasteiger partial charge in [0.25, 0.3) is 0 Å². The average Bonchev–Trinajstić information content (AvgIpc) is 2.51. The molecule has 0 saturated carbocycles. The lowest BCUT2D eigenvalue weighted by molar-refractivity contribution is -0.121. The molecule has 1 aromatic carbocycles. The first kappa shape index (κ1) is 25.0. The van der Waals surface area contributed by atoms with Crippen molar-refractivity contribution in [3.63, 3.8) is 0 Å². The number of carbonyl (C=O) groups excluding carboxylic acids is 1. The van der Waals surface area contributed by atoms with Gasteiger partial charge < -0.3 is 11.1 Å². The third-order valence-electron chi connectivity index (χ3n) is 5.12. The van der Waals surface area contributed by atoms with E-state index in [0.29, 0.717) is 19.4 Å². The van der Waals surface area contributed by atoms with Gasteiger partial charge >= 0.3 is 0 Å². The second kappa shape index (κ2) is 11.0. The molecule has 1 saturated heterocycles. The molecule has 150 valence electrons. The Hall–Kier alpha value is -0.970. The number of hydrogen-bond acceptors (Lipinski definition) is 3. The molecule has 1 aliphatic rings.